The summed E-state index contributed by atoms with van der Waals surface area (Å²) in [5.74, 6) is 1.64. The second-order valence-electron chi connectivity index (χ2n) is 4.89. The highest BCUT2D eigenvalue weighted by molar-refractivity contribution is 7.13. The van der Waals surface area contributed by atoms with Crippen LogP contribution in [0.25, 0.3) is 21.8 Å². The topological polar surface area (TPSA) is 43.4 Å². The van der Waals surface area contributed by atoms with Crippen LogP contribution >= 0.6 is 11.3 Å². The Morgan fingerprint density at radius 2 is 1.61 bits per heavy atom. The van der Waals surface area contributed by atoms with Gasteiger partial charge in [0.2, 0.25) is 0 Å². The largest absolute Gasteiger partial charge is 0.497 e. The Bertz CT molecular complexity index is 751. The first-order valence-corrected chi connectivity index (χ1v) is 8.28. The van der Waals surface area contributed by atoms with Crippen LogP contribution in [0.1, 0.15) is 6.92 Å². The monoisotopic (exact) mass is 326 g/mol. The average molecular weight is 326 g/mol. The van der Waals surface area contributed by atoms with Crippen molar-refractivity contribution < 1.29 is 9.57 Å². The van der Waals surface area contributed by atoms with Crippen molar-refractivity contribution in [3.63, 3.8) is 0 Å². The third-order valence-corrected chi connectivity index (χ3v) is 4.22. The van der Waals surface area contributed by atoms with Gasteiger partial charge in [0.05, 0.1) is 12.8 Å². The third-order valence-electron chi connectivity index (χ3n) is 3.33. The minimum Gasteiger partial charge on any atom is -0.497 e. The standard InChI is InChI=1S/C18H18N2O2S/c1-3-19-22-16-10-4-13(5-11-16)17-12-23-18(20-17)14-6-8-15(21-2)9-7-14/h4-12,19H,3H2,1-2H3. The predicted octanol–water partition coefficient (Wildman–Crippen LogP) is 4.39. The molecule has 118 valence electrons. The fourth-order valence-electron chi connectivity index (χ4n) is 2.12. The zero-order valence-corrected chi connectivity index (χ0v) is 13.9. The SMILES string of the molecule is CCNOc1ccc(-c2csc(-c3ccc(OC)cc3)n2)cc1. The van der Waals surface area contributed by atoms with Gasteiger partial charge in [0.1, 0.15) is 16.5 Å². The predicted molar refractivity (Wildman–Crippen MR) is 93.8 cm³/mol. The van der Waals surface area contributed by atoms with E-state index in [1.54, 1.807) is 18.4 Å². The number of hydrogen-bond acceptors (Lipinski definition) is 5. The number of nitrogens with one attached hydrogen (secondary N) is 1. The lowest BCUT2D eigenvalue weighted by molar-refractivity contribution is 0.202. The number of benzene rings is 2. The normalized spacial score (nSPS) is 10.5. The molecule has 0 atom stereocenters. The van der Waals surface area contributed by atoms with Gasteiger partial charge in [0.25, 0.3) is 0 Å². The minimum atomic E-state index is 0.763. The molecule has 4 nitrogen and oxygen atoms in total. The number of thiazole rings is 1. The van der Waals surface area contributed by atoms with Crippen molar-refractivity contribution >= 4 is 11.3 Å². The van der Waals surface area contributed by atoms with Crippen LogP contribution in [0.5, 0.6) is 11.5 Å². The molecule has 0 unspecified atom stereocenters. The summed E-state index contributed by atoms with van der Waals surface area (Å²) in [6, 6.07) is 15.8. The summed E-state index contributed by atoms with van der Waals surface area (Å²) in [7, 11) is 1.67. The summed E-state index contributed by atoms with van der Waals surface area (Å²) >= 11 is 1.63. The molecule has 23 heavy (non-hydrogen) atoms. The van der Waals surface area contributed by atoms with Crippen LogP contribution in [0, 0.1) is 0 Å². The van der Waals surface area contributed by atoms with E-state index in [1.165, 1.54) is 0 Å². The molecule has 1 heterocycles. The van der Waals surface area contributed by atoms with Gasteiger partial charge in [-0.2, -0.15) is 5.48 Å². The average Bonchev–Trinajstić information content (AvgIpc) is 3.10. The zero-order chi connectivity index (χ0) is 16.1. The number of ether oxygens (including phenoxy) is 1. The number of hydrogen-bond donors (Lipinski definition) is 1. The maximum absolute atomic E-state index is 5.36. The van der Waals surface area contributed by atoms with Crippen LogP contribution in [-0.4, -0.2) is 18.6 Å². The van der Waals surface area contributed by atoms with Gasteiger partial charge < -0.3 is 9.57 Å². The molecule has 0 bridgehead atoms. The molecule has 0 radical (unpaired) electrons. The number of aromatic nitrogens is 1. The van der Waals surface area contributed by atoms with Crippen molar-refractivity contribution in [3.8, 4) is 33.3 Å². The summed E-state index contributed by atoms with van der Waals surface area (Å²) in [6.45, 7) is 2.75. The Morgan fingerprint density at radius 3 is 2.26 bits per heavy atom. The number of nitrogens with zero attached hydrogens (tertiary/aromatic N) is 1. The number of rotatable bonds is 6. The molecule has 0 saturated carbocycles. The molecule has 0 amide bonds. The highest BCUT2D eigenvalue weighted by atomic mass is 32.1. The lowest BCUT2D eigenvalue weighted by Crippen LogP contribution is -2.16. The molecule has 3 aromatic rings. The van der Waals surface area contributed by atoms with E-state index in [9.17, 15) is 0 Å². The lowest BCUT2D eigenvalue weighted by atomic mass is 10.1. The van der Waals surface area contributed by atoms with E-state index in [1.807, 2.05) is 55.5 Å². The molecule has 0 saturated heterocycles. The summed E-state index contributed by atoms with van der Waals surface area (Å²) in [4.78, 5) is 10.1. The third kappa shape index (κ3) is 3.70. The Morgan fingerprint density at radius 1 is 0.957 bits per heavy atom. The van der Waals surface area contributed by atoms with Crippen molar-refractivity contribution in [1.29, 1.82) is 0 Å². The van der Waals surface area contributed by atoms with E-state index in [0.29, 0.717) is 0 Å². The van der Waals surface area contributed by atoms with Gasteiger partial charge in [-0.25, -0.2) is 4.98 Å². The van der Waals surface area contributed by atoms with Gasteiger partial charge in [0, 0.05) is 23.1 Å². The van der Waals surface area contributed by atoms with Gasteiger partial charge in [-0.3, -0.25) is 0 Å². The van der Waals surface area contributed by atoms with Crippen molar-refractivity contribution in [2.24, 2.45) is 0 Å². The molecule has 3 rings (SSSR count). The van der Waals surface area contributed by atoms with Crippen LogP contribution in [0.15, 0.2) is 53.9 Å². The lowest BCUT2D eigenvalue weighted by Gasteiger charge is -2.05. The Balaban J connectivity index is 1.78. The van der Waals surface area contributed by atoms with Crippen molar-refractivity contribution in [2.75, 3.05) is 13.7 Å². The maximum Gasteiger partial charge on any atom is 0.147 e. The molecule has 0 aliphatic heterocycles. The first-order valence-electron chi connectivity index (χ1n) is 7.40. The second kappa shape index (κ2) is 7.26. The Labute approximate surface area is 139 Å². The maximum atomic E-state index is 5.36. The van der Waals surface area contributed by atoms with E-state index < -0.39 is 0 Å². The quantitative estimate of drug-likeness (QED) is 0.682. The zero-order valence-electron chi connectivity index (χ0n) is 13.1. The highest BCUT2D eigenvalue weighted by Crippen LogP contribution is 2.30. The van der Waals surface area contributed by atoms with Crippen molar-refractivity contribution in [2.45, 2.75) is 6.92 Å². The fourth-order valence-corrected chi connectivity index (χ4v) is 2.96. The molecule has 0 aliphatic carbocycles. The van der Waals surface area contributed by atoms with Gasteiger partial charge in [0.15, 0.2) is 0 Å². The first-order chi connectivity index (χ1) is 11.3. The summed E-state index contributed by atoms with van der Waals surface area (Å²) < 4.78 is 5.18. The number of hydroxylamine groups is 1. The number of methoxy groups -OCH3 is 1. The van der Waals surface area contributed by atoms with Crippen LogP contribution in [0.3, 0.4) is 0 Å². The fraction of sp³-hybridized carbons (Fsp3) is 0.167. The molecule has 2 aromatic carbocycles. The van der Waals surface area contributed by atoms with Crippen molar-refractivity contribution in [1.82, 2.24) is 10.5 Å². The molecule has 0 fully saturated rings. The van der Waals surface area contributed by atoms with Gasteiger partial charge >= 0.3 is 0 Å². The van der Waals surface area contributed by atoms with E-state index in [4.69, 9.17) is 14.6 Å². The van der Waals surface area contributed by atoms with Crippen LogP contribution in [0.4, 0.5) is 0 Å². The first kappa shape index (κ1) is 15.5. The Kier molecular flexibility index (Phi) is 4.90. The van der Waals surface area contributed by atoms with E-state index in [0.717, 1.165) is 39.9 Å². The molecular weight excluding hydrogens is 308 g/mol. The van der Waals surface area contributed by atoms with Crippen LogP contribution in [-0.2, 0) is 0 Å². The van der Waals surface area contributed by atoms with Crippen LogP contribution in [0.2, 0.25) is 0 Å². The molecule has 1 N–H and O–H groups in total. The van der Waals surface area contributed by atoms with Gasteiger partial charge in [-0.05, 0) is 55.5 Å². The molecule has 0 spiro atoms. The smallest absolute Gasteiger partial charge is 0.147 e. The molecule has 0 aliphatic rings. The van der Waals surface area contributed by atoms with E-state index in [2.05, 4.69) is 10.9 Å². The highest BCUT2D eigenvalue weighted by Gasteiger charge is 2.07. The molecule has 1 aromatic heterocycles. The van der Waals surface area contributed by atoms with Gasteiger partial charge in [-0.15, -0.1) is 11.3 Å². The Hall–Kier alpha value is -2.37. The van der Waals surface area contributed by atoms with E-state index >= 15 is 0 Å². The molecular formula is C18H18N2O2S. The minimum absolute atomic E-state index is 0.763. The van der Waals surface area contributed by atoms with Crippen molar-refractivity contribution in [3.05, 3.63) is 53.9 Å². The molecule has 5 heteroatoms. The summed E-state index contributed by atoms with van der Waals surface area (Å²) in [5, 5.41) is 3.07. The van der Waals surface area contributed by atoms with Gasteiger partial charge in [-0.1, -0.05) is 0 Å². The van der Waals surface area contributed by atoms with Crippen LogP contribution < -0.4 is 15.1 Å². The summed E-state index contributed by atoms with van der Waals surface area (Å²) in [5.41, 5.74) is 5.97. The van der Waals surface area contributed by atoms with E-state index in [-0.39, 0.29) is 0 Å². The second-order valence-corrected chi connectivity index (χ2v) is 5.75. The summed E-state index contributed by atoms with van der Waals surface area (Å²) in [6.07, 6.45) is 0.